The average molecular weight is 644 g/mol. The number of carbonyl (C=O) groups is 3. The van der Waals surface area contributed by atoms with Crippen LogP contribution < -0.4 is 21.1 Å². The topological polar surface area (TPSA) is 156 Å². The predicted octanol–water partition coefficient (Wildman–Crippen LogP) is 2.82. The Morgan fingerprint density at radius 2 is 1.87 bits per heavy atom. The number of fused-ring (bicyclic) bond motifs is 3. The number of halogens is 2. The molecule has 3 aliphatic heterocycles. The van der Waals surface area contributed by atoms with Crippen molar-refractivity contribution in [2.45, 2.75) is 31.1 Å². The van der Waals surface area contributed by atoms with E-state index in [1.54, 1.807) is 23.9 Å². The molecule has 3 amide bonds. The number of alkyl halides is 2. The average Bonchev–Trinajstić information content (AvgIpc) is 3.81. The number of nitrogens with two attached hydrogens (primary N) is 1. The zero-order valence-corrected chi connectivity index (χ0v) is 25.7. The van der Waals surface area contributed by atoms with Gasteiger partial charge in [-0.3, -0.25) is 19.8 Å². The third kappa shape index (κ3) is 6.53. The summed E-state index contributed by atoms with van der Waals surface area (Å²) >= 11 is 1.70. The van der Waals surface area contributed by atoms with Crippen LogP contribution in [0.4, 0.5) is 8.78 Å². The summed E-state index contributed by atoms with van der Waals surface area (Å²) < 4.78 is 46.9. The van der Waals surface area contributed by atoms with Gasteiger partial charge in [0.1, 0.15) is 11.8 Å². The van der Waals surface area contributed by atoms with Crippen LogP contribution in [-0.4, -0.2) is 86.5 Å². The van der Waals surface area contributed by atoms with Gasteiger partial charge in [0.2, 0.25) is 11.8 Å². The van der Waals surface area contributed by atoms with E-state index in [2.05, 4.69) is 29.4 Å². The first-order valence-electron chi connectivity index (χ1n) is 14.4. The molecular formula is C31H35F2N5O6S. The molecule has 11 nitrogen and oxygen atoms in total. The molecule has 0 radical (unpaired) electrons. The lowest BCUT2D eigenvalue weighted by Crippen LogP contribution is -2.49. The van der Waals surface area contributed by atoms with Gasteiger partial charge in [-0.05, 0) is 41.3 Å². The molecule has 1 aliphatic carbocycles. The van der Waals surface area contributed by atoms with Crippen molar-refractivity contribution >= 4 is 35.8 Å². The molecule has 2 aromatic rings. The van der Waals surface area contributed by atoms with E-state index in [-0.39, 0.29) is 41.1 Å². The fourth-order valence-corrected chi connectivity index (χ4v) is 7.00. The smallest absolute Gasteiger partial charge is 0.299 e. The number of benzene rings is 2. The van der Waals surface area contributed by atoms with E-state index < -0.39 is 36.1 Å². The normalized spacial score (nSPS) is 21.7. The van der Waals surface area contributed by atoms with Crippen LogP contribution in [-0.2, 0) is 25.0 Å². The van der Waals surface area contributed by atoms with E-state index in [0.717, 1.165) is 17.0 Å². The van der Waals surface area contributed by atoms with Crippen molar-refractivity contribution in [1.29, 1.82) is 5.41 Å². The van der Waals surface area contributed by atoms with Crippen LogP contribution in [0.5, 0.6) is 5.75 Å². The van der Waals surface area contributed by atoms with Crippen LogP contribution in [0.15, 0.2) is 47.4 Å². The Balaban J connectivity index is 0.00000128. The van der Waals surface area contributed by atoms with Crippen LogP contribution in [0.2, 0.25) is 0 Å². The largest absolute Gasteiger partial charge is 0.497 e. The molecule has 6 rings (SSSR count). The van der Waals surface area contributed by atoms with E-state index in [1.165, 1.54) is 36.3 Å². The van der Waals surface area contributed by atoms with Crippen molar-refractivity contribution in [2.24, 2.45) is 11.7 Å². The van der Waals surface area contributed by atoms with E-state index in [4.69, 9.17) is 19.6 Å². The summed E-state index contributed by atoms with van der Waals surface area (Å²) in [5.74, 6) is -3.96. The number of rotatable bonds is 7. The summed E-state index contributed by atoms with van der Waals surface area (Å²) in [5, 5.41) is 11.4. The SMILES string of the molecule is COc1ccc2c(c1)C(F)(F)c1ccc(C(=O)NCC(=O)N3CC4(CC3C(=O)NCC3=CC(C)CS3)OCCO4)cc1-2.N=CN. The van der Waals surface area contributed by atoms with Gasteiger partial charge in [0, 0.05) is 40.3 Å². The summed E-state index contributed by atoms with van der Waals surface area (Å²) in [6.07, 6.45) is 3.06. The number of nitrogens with zero attached hydrogens (tertiary/aromatic N) is 1. The van der Waals surface area contributed by atoms with Crippen molar-refractivity contribution < 1.29 is 37.4 Å². The van der Waals surface area contributed by atoms with Gasteiger partial charge in [0.05, 0.1) is 39.8 Å². The Morgan fingerprint density at radius 1 is 1.13 bits per heavy atom. The van der Waals surface area contributed by atoms with E-state index in [0.29, 0.717) is 37.0 Å². The Hall–Kier alpha value is -4.01. The highest BCUT2D eigenvalue weighted by Gasteiger charge is 2.52. The quantitative estimate of drug-likeness (QED) is 0.265. The highest BCUT2D eigenvalue weighted by Crippen LogP contribution is 2.52. The fourth-order valence-electron chi connectivity index (χ4n) is 5.93. The minimum atomic E-state index is -3.24. The third-order valence-electron chi connectivity index (χ3n) is 8.04. The van der Waals surface area contributed by atoms with Gasteiger partial charge in [-0.15, -0.1) is 11.8 Å². The molecule has 2 aromatic carbocycles. The first-order chi connectivity index (χ1) is 21.5. The standard InChI is InChI=1S/C30H31F2N3O6S.CH4N2/c1-17-9-20(42-15-17)13-33-28(38)25-12-29(40-7-8-41-29)16-35(25)26(36)14-34-27(37)18-3-6-23-22(10-18)21-5-4-19(39-2)11-24(21)30(23,31)32;2-1-3/h3-6,9-11,17,25H,7-8,12-16H2,1-2H3,(H,33,38)(H,34,37);1H,(H3,2,3). The van der Waals surface area contributed by atoms with Crippen molar-refractivity contribution in [3.8, 4) is 16.9 Å². The highest BCUT2D eigenvalue weighted by molar-refractivity contribution is 8.03. The number of likely N-dealkylation sites (tertiary alicyclic amines) is 1. The molecule has 2 fully saturated rings. The molecule has 0 aromatic heterocycles. The lowest BCUT2D eigenvalue weighted by molar-refractivity contribution is -0.152. The van der Waals surface area contributed by atoms with Crippen molar-refractivity contribution in [2.75, 3.05) is 45.7 Å². The Labute approximate surface area is 263 Å². The van der Waals surface area contributed by atoms with Gasteiger partial charge < -0.3 is 35.5 Å². The summed E-state index contributed by atoms with van der Waals surface area (Å²) in [7, 11) is 1.41. The van der Waals surface area contributed by atoms with Crippen LogP contribution in [0, 0.1) is 11.3 Å². The number of carbonyl (C=O) groups excluding carboxylic acids is 3. The number of allylic oxidation sites excluding steroid dienone is 1. The minimum Gasteiger partial charge on any atom is -0.497 e. The van der Waals surface area contributed by atoms with Crippen molar-refractivity contribution in [3.05, 3.63) is 64.1 Å². The first-order valence-corrected chi connectivity index (χ1v) is 15.4. The number of hydrogen-bond acceptors (Lipinski definition) is 8. The molecule has 5 N–H and O–H groups in total. The van der Waals surface area contributed by atoms with Crippen LogP contribution in [0.1, 0.15) is 34.8 Å². The maximum Gasteiger partial charge on any atom is 0.299 e. The number of amides is 3. The maximum absolute atomic E-state index is 15.1. The second-order valence-corrected chi connectivity index (χ2v) is 12.2. The minimum absolute atomic E-state index is 0.0580. The fraction of sp³-hybridized carbons (Fsp3) is 0.419. The molecule has 2 saturated heterocycles. The zero-order valence-electron chi connectivity index (χ0n) is 24.9. The first kappa shape index (κ1) is 32.4. The molecule has 4 aliphatic rings. The highest BCUT2D eigenvalue weighted by atomic mass is 32.2. The Kier molecular flexibility index (Phi) is 9.46. The van der Waals surface area contributed by atoms with Gasteiger partial charge in [0.15, 0.2) is 5.79 Å². The molecule has 2 atom stereocenters. The van der Waals surface area contributed by atoms with E-state index in [1.807, 2.05) is 0 Å². The lowest BCUT2D eigenvalue weighted by Gasteiger charge is -2.24. The van der Waals surface area contributed by atoms with Crippen molar-refractivity contribution in [3.63, 3.8) is 0 Å². The van der Waals surface area contributed by atoms with Gasteiger partial charge in [-0.25, -0.2) is 0 Å². The monoisotopic (exact) mass is 643 g/mol. The summed E-state index contributed by atoms with van der Waals surface area (Å²) in [6.45, 7) is 2.88. The lowest BCUT2D eigenvalue weighted by atomic mass is 10.0. The predicted molar refractivity (Wildman–Crippen MR) is 164 cm³/mol. The number of nitrogens with one attached hydrogen (secondary N) is 3. The number of hydrogen-bond donors (Lipinski definition) is 4. The molecule has 240 valence electrons. The molecular weight excluding hydrogens is 608 g/mol. The number of thioether (sulfide) groups is 1. The molecule has 3 heterocycles. The summed E-state index contributed by atoms with van der Waals surface area (Å²) in [5.41, 5.74) is 4.69. The van der Waals surface area contributed by atoms with Gasteiger partial charge >= 0.3 is 0 Å². The summed E-state index contributed by atoms with van der Waals surface area (Å²) in [4.78, 5) is 42.0. The summed E-state index contributed by atoms with van der Waals surface area (Å²) in [6, 6.07) is 7.55. The van der Waals surface area contributed by atoms with Crippen LogP contribution >= 0.6 is 11.8 Å². The molecule has 0 saturated carbocycles. The van der Waals surface area contributed by atoms with Gasteiger partial charge in [-0.1, -0.05) is 25.1 Å². The van der Waals surface area contributed by atoms with Crippen molar-refractivity contribution in [1.82, 2.24) is 15.5 Å². The Bertz CT molecular complexity index is 1530. The Morgan fingerprint density at radius 3 is 2.53 bits per heavy atom. The second kappa shape index (κ2) is 13.2. The molecule has 14 heteroatoms. The van der Waals surface area contributed by atoms with Gasteiger partial charge in [0.25, 0.3) is 11.8 Å². The molecule has 0 bridgehead atoms. The maximum atomic E-state index is 15.1. The van der Waals surface area contributed by atoms with Gasteiger partial charge in [-0.2, -0.15) is 8.78 Å². The second-order valence-electron chi connectivity index (χ2n) is 11.1. The van der Waals surface area contributed by atoms with Crippen LogP contribution in [0.3, 0.4) is 0 Å². The molecule has 45 heavy (non-hydrogen) atoms. The number of methoxy groups -OCH3 is 1. The number of ether oxygens (including phenoxy) is 3. The third-order valence-corrected chi connectivity index (χ3v) is 9.39. The zero-order chi connectivity index (χ0) is 32.4. The van der Waals surface area contributed by atoms with E-state index in [9.17, 15) is 14.4 Å². The van der Waals surface area contributed by atoms with E-state index >= 15 is 8.78 Å². The molecule has 1 spiro atoms. The van der Waals surface area contributed by atoms with Crippen LogP contribution in [0.25, 0.3) is 11.1 Å². The molecule has 2 unspecified atom stereocenters.